The smallest absolute Gasteiger partial charge is 0.272 e. The van der Waals surface area contributed by atoms with E-state index in [0.29, 0.717) is 33.5 Å². The zero-order chi connectivity index (χ0) is 20.0. The lowest BCUT2D eigenvalue weighted by Gasteiger charge is -2.11. The van der Waals surface area contributed by atoms with E-state index in [-0.39, 0.29) is 5.91 Å². The van der Waals surface area contributed by atoms with Gasteiger partial charge < -0.3 is 15.6 Å². The molecule has 0 aliphatic rings. The van der Waals surface area contributed by atoms with E-state index < -0.39 is 0 Å². The van der Waals surface area contributed by atoms with Gasteiger partial charge in [-0.1, -0.05) is 27.5 Å². The molecule has 4 aromatic rings. The number of anilines is 2. The van der Waals surface area contributed by atoms with Crippen molar-refractivity contribution in [2.24, 2.45) is 7.05 Å². The second kappa shape index (κ2) is 7.19. The first-order valence-electron chi connectivity index (χ1n) is 7.94. The van der Waals surface area contributed by atoms with Crippen molar-refractivity contribution in [3.05, 3.63) is 50.0 Å². The summed E-state index contributed by atoms with van der Waals surface area (Å²) in [4.78, 5) is 13.0. The fraction of sp³-hybridized carbons (Fsp3) is 0.0588. The van der Waals surface area contributed by atoms with E-state index in [0.717, 1.165) is 19.8 Å². The van der Waals surface area contributed by atoms with Crippen LogP contribution in [-0.2, 0) is 7.05 Å². The fourth-order valence-corrected chi connectivity index (χ4v) is 4.42. The van der Waals surface area contributed by atoms with Crippen LogP contribution in [0.2, 0.25) is 5.02 Å². The first-order valence-corrected chi connectivity index (χ1v) is 9.91. The highest BCUT2D eigenvalue weighted by atomic mass is 79.9. The molecule has 0 fully saturated rings. The van der Waals surface area contributed by atoms with Crippen LogP contribution in [0, 0.1) is 0 Å². The maximum absolute atomic E-state index is 13.0. The van der Waals surface area contributed by atoms with Crippen LogP contribution in [0.1, 0.15) is 10.5 Å². The summed E-state index contributed by atoms with van der Waals surface area (Å²) in [5, 5.41) is 17.9. The van der Waals surface area contributed by atoms with Gasteiger partial charge >= 0.3 is 0 Å². The number of carbonyl (C=O) groups is 1. The molecule has 11 heteroatoms. The molecular weight excluding hydrogens is 513 g/mol. The number of aromatic nitrogens is 5. The number of benzene rings is 2. The third kappa shape index (κ3) is 3.17. The van der Waals surface area contributed by atoms with Crippen LogP contribution in [-0.4, -0.2) is 31.1 Å². The number of rotatable bonds is 3. The number of halogens is 3. The van der Waals surface area contributed by atoms with Crippen LogP contribution in [0.15, 0.2) is 39.3 Å². The third-order valence-electron chi connectivity index (χ3n) is 4.32. The van der Waals surface area contributed by atoms with E-state index in [1.54, 1.807) is 35.9 Å². The molecule has 0 saturated carbocycles. The quantitative estimate of drug-likeness (QED) is 0.344. The highest BCUT2D eigenvalue weighted by Gasteiger charge is 2.20. The molecular formula is C17H12Br2ClN7O. The van der Waals surface area contributed by atoms with Crippen LogP contribution in [0.5, 0.6) is 0 Å². The maximum Gasteiger partial charge on any atom is 0.272 e. The number of aryl methyl sites for hydroxylation is 1. The summed E-state index contributed by atoms with van der Waals surface area (Å²) in [6.45, 7) is 0. The first-order chi connectivity index (χ1) is 13.4. The third-order valence-corrected chi connectivity index (χ3v) is 5.87. The average Bonchev–Trinajstić information content (AvgIpc) is 3.29. The van der Waals surface area contributed by atoms with E-state index in [9.17, 15) is 4.79 Å². The molecule has 142 valence electrons. The Morgan fingerprint density at radius 1 is 1.25 bits per heavy atom. The van der Waals surface area contributed by atoms with Gasteiger partial charge in [0.25, 0.3) is 5.91 Å². The zero-order valence-electron chi connectivity index (χ0n) is 14.3. The van der Waals surface area contributed by atoms with E-state index >= 15 is 0 Å². The summed E-state index contributed by atoms with van der Waals surface area (Å²) >= 11 is 13.0. The van der Waals surface area contributed by atoms with Crippen molar-refractivity contribution in [3.63, 3.8) is 0 Å². The molecule has 0 bridgehead atoms. The lowest BCUT2D eigenvalue weighted by molar-refractivity contribution is 0.102. The van der Waals surface area contributed by atoms with E-state index in [1.165, 1.54) is 0 Å². The Morgan fingerprint density at radius 3 is 2.75 bits per heavy atom. The van der Waals surface area contributed by atoms with Gasteiger partial charge in [-0.3, -0.25) is 4.79 Å². The minimum absolute atomic E-state index is 0.308. The summed E-state index contributed by atoms with van der Waals surface area (Å²) in [5.41, 5.74) is 9.04. The van der Waals surface area contributed by atoms with Gasteiger partial charge in [-0.05, 0) is 56.7 Å². The molecule has 0 atom stereocenters. The van der Waals surface area contributed by atoms with Gasteiger partial charge in [-0.15, -0.1) is 5.10 Å². The molecule has 0 saturated heterocycles. The van der Waals surface area contributed by atoms with Gasteiger partial charge in [0.15, 0.2) is 5.82 Å². The number of hydrogen-bond acceptors (Lipinski definition) is 5. The molecule has 0 radical (unpaired) electrons. The van der Waals surface area contributed by atoms with Gasteiger partial charge in [0.05, 0.1) is 16.9 Å². The molecule has 2 aromatic carbocycles. The topological polar surface area (TPSA) is 115 Å². The molecule has 4 N–H and O–H groups in total. The van der Waals surface area contributed by atoms with Gasteiger partial charge in [0.1, 0.15) is 5.69 Å². The van der Waals surface area contributed by atoms with E-state index in [4.69, 9.17) is 17.3 Å². The number of amides is 1. The summed E-state index contributed by atoms with van der Waals surface area (Å²) in [6.07, 6.45) is 0. The van der Waals surface area contributed by atoms with E-state index in [1.807, 2.05) is 6.07 Å². The second-order valence-corrected chi connectivity index (χ2v) is 8.14. The van der Waals surface area contributed by atoms with Crippen LogP contribution in [0.3, 0.4) is 0 Å². The molecule has 2 heterocycles. The minimum atomic E-state index is -0.308. The van der Waals surface area contributed by atoms with Crippen molar-refractivity contribution in [1.29, 1.82) is 0 Å². The van der Waals surface area contributed by atoms with Crippen molar-refractivity contribution in [2.45, 2.75) is 0 Å². The Hall–Kier alpha value is -2.43. The number of aromatic amines is 1. The maximum atomic E-state index is 13.0. The Bertz CT molecular complexity index is 1220. The van der Waals surface area contributed by atoms with Crippen LogP contribution < -0.4 is 11.1 Å². The predicted octanol–water partition coefficient (Wildman–Crippen LogP) is 4.37. The number of nitrogens with two attached hydrogens (primary N) is 1. The van der Waals surface area contributed by atoms with Crippen molar-refractivity contribution in [1.82, 2.24) is 25.2 Å². The number of H-pyrrole nitrogens is 1. The predicted molar refractivity (Wildman–Crippen MR) is 115 cm³/mol. The minimum Gasteiger partial charge on any atom is -0.396 e. The van der Waals surface area contributed by atoms with Crippen LogP contribution in [0.25, 0.3) is 22.3 Å². The lowest BCUT2D eigenvalue weighted by Crippen LogP contribution is -2.16. The van der Waals surface area contributed by atoms with Gasteiger partial charge in [0, 0.05) is 32.0 Å². The molecule has 0 aliphatic heterocycles. The average molecular weight is 526 g/mol. The van der Waals surface area contributed by atoms with Gasteiger partial charge in [-0.25, -0.2) is 5.10 Å². The van der Waals surface area contributed by atoms with Crippen LogP contribution in [0.4, 0.5) is 11.4 Å². The number of nitrogens with one attached hydrogen (secondary N) is 2. The van der Waals surface area contributed by atoms with Gasteiger partial charge in [-0.2, -0.15) is 0 Å². The Morgan fingerprint density at radius 2 is 2.04 bits per heavy atom. The molecule has 0 aliphatic carbocycles. The zero-order valence-corrected chi connectivity index (χ0v) is 18.2. The number of carbonyl (C=O) groups excluding carboxylic acids is 1. The molecule has 8 nitrogen and oxygen atoms in total. The largest absolute Gasteiger partial charge is 0.396 e. The van der Waals surface area contributed by atoms with Crippen molar-refractivity contribution in [3.8, 4) is 11.4 Å². The lowest BCUT2D eigenvalue weighted by atomic mass is 10.1. The molecule has 0 spiro atoms. The summed E-state index contributed by atoms with van der Waals surface area (Å²) < 4.78 is 3.33. The number of nitrogens with zero attached hydrogens (tertiary/aromatic N) is 4. The molecule has 4 rings (SSSR count). The Balaban J connectivity index is 1.78. The number of nitrogen functional groups attached to an aromatic ring is 1. The molecule has 28 heavy (non-hydrogen) atoms. The summed E-state index contributed by atoms with van der Waals surface area (Å²) in [5.74, 6) is 0.0860. The number of tetrazole rings is 1. The Kier molecular flexibility index (Phi) is 4.86. The molecule has 0 unspecified atom stereocenters. The van der Waals surface area contributed by atoms with Crippen molar-refractivity contribution >= 4 is 71.6 Å². The number of fused-ring (bicyclic) bond motifs is 1. The highest BCUT2D eigenvalue weighted by molar-refractivity contribution is 9.11. The van der Waals surface area contributed by atoms with Crippen molar-refractivity contribution in [2.75, 3.05) is 11.1 Å². The summed E-state index contributed by atoms with van der Waals surface area (Å²) in [7, 11) is 1.79. The normalized spacial score (nSPS) is 11.1. The Labute approximate surface area is 180 Å². The SMILES string of the molecule is Cn1c(C(=O)Nc2ccc(Cl)cc2-c2nnn[nH]2)cc2c(Br)cc(Br)c(N)c21. The van der Waals surface area contributed by atoms with Crippen molar-refractivity contribution < 1.29 is 4.79 Å². The monoisotopic (exact) mass is 523 g/mol. The fourth-order valence-electron chi connectivity index (χ4n) is 2.99. The van der Waals surface area contributed by atoms with Gasteiger partial charge in [0.2, 0.25) is 0 Å². The first kappa shape index (κ1) is 18.9. The molecule has 1 amide bonds. The number of hydrogen-bond donors (Lipinski definition) is 3. The second-order valence-electron chi connectivity index (χ2n) is 6.00. The van der Waals surface area contributed by atoms with Crippen LogP contribution >= 0.6 is 43.5 Å². The molecule has 2 aromatic heterocycles. The van der Waals surface area contributed by atoms with E-state index in [2.05, 4.69) is 57.8 Å². The summed E-state index contributed by atoms with van der Waals surface area (Å²) in [6, 6.07) is 8.68. The highest BCUT2D eigenvalue weighted by Crippen LogP contribution is 2.37. The standard InChI is InChI=1S/C17H12Br2ClN7O/c1-27-13(5-8-10(18)6-11(19)14(21)15(8)27)17(28)22-12-3-2-7(20)4-9(12)16-23-25-26-24-16/h2-6H,21H2,1H3,(H,22,28)(H,23,24,25,26).